The fourth-order valence-electron chi connectivity index (χ4n) is 3.05. The second kappa shape index (κ2) is 7.13. The van der Waals surface area contributed by atoms with Gasteiger partial charge in [0.05, 0.1) is 12.2 Å². The smallest absolute Gasteiger partial charge is 0.246 e. The van der Waals surface area contributed by atoms with Crippen LogP contribution in [0.4, 0.5) is 5.88 Å². The van der Waals surface area contributed by atoms with Crippen molar-refractivity contribution in [2.24, 2.45) is 0 Å². The lowest BCUT2D eigenvalue weighted by atomic mass is 10.1. The molecule has 0 radical (unpaired) electrons. The molecular weight excluding hydrogens is 340 g/mol. The fourth-order valence-corrected chi connectivity index (χ4v) is 3.57. The lowest BCUT2D eigenvalue weighted by Crippen LogP contribution is -2.31. The molecule has 0 fully saturated rings. The van der Waals surface area contributed by atoms with Gasteiger partial charge in [-0.2, -0.15) is 0 Å². The highest BCUT2D eigenvalue weighted by molar-refractivity contribution is 7.90. The first kappa shape index (κ1) is 17.9. The van der Waals surface area contributed by atoms with Crippen LogP contribution in [0.5, 0.6) is 0 Å². The third-order valence-corrected chi connectivity index (χ3v) is 5.28. The van der Waals surface area contributed by atoms with Crippen LogP contribution in [0.25, 0.3) is 0 Å². The van der Waals surface area contributed by atoms with Crippen molar-refractivity contribution in [3.63, 3.8) is 0 Å². The lowest BCUT2D eigenvalue weighted by Gasteiger charge is -2.27. The Hall–Kier alpha value is -1.93. The van der Waals surface area contributed by atoms with Gasteiger partial charge in [0.2, 0.25) is 15.0 Å². The molecule has 0 amide bonds. The molecule has 0 bridgehead atoms. The van der Waals surface area contributed by atoms with Crippen molar-refractivity contribution in [1.82, 2.24) is 14.9 Å². The first-order valence-corrected chi connectivity index (χ1v) is 10.4. The minimum atomic E-state index is -3.36. The van der Waals surface area contributed by atoms with Crippen molar-refractivity contribution in [2.45, 2.75) is 38.5 Å². The summed E-state index contributed by atoms with van der Waals surface area (Å²) in [7, 11) is -3.36. The molecule has 1 aliphatic heterocycles. The number of rotatable bonds is 6. The van der Waals surface area contributed by atoms with Crippen molar-refractivity contribution in [3.05, 3.63) is 35.3 Å². The molecule has 0 aliphatic carbocycles. The molecule has 25 heavy (non-hydrogen) atoms. The van der Waals surface area contributed by atoms with Crippen LogP contribution in [0.3, 0.4) is 0 Å². The number of anilines is 1. The first-order chi connectivity index (χ1) is 11.9. The predicted octanol–water partition coefficient (Wildman–Crippen LogP) is 1.88. The molecule has 0 N–H and O–H groups in total. The zero-order valence-corrected chi connectivity index (χ0v) is 15.7. The maximum absolute atomic E-state index is 11.6. The number of hydrogen-bond donors (Lipinski definition) is 0. The van der Waals surface area contributed by atoms with E-state index in [1.807, 2.05) is 12.1 Å². The highest BCUT2D eigenvalue weighted by Gasteiger charge is 2.22. The van der Waals surface area contributed by atoms with Gasteiger partial charge in [0.15, 0.2) is 5.88 Å². The Morgan fingerprint density at radius 2 is 2.04 bits per heavy atom. The van der Waals surface area contributed by atoms with Crippen LogP contribution in [0.2, 0.25) is 0 Å². The van der Waals surface area contributed by atoms with Crippen molar-refractivity contribution < 1.29 is 12.8 Å². The molecule has 1 aliphatic rings. The Bertz CT molecular complexity index is 843. The zero-order valence-electron chi connectivity index (χ0n) is 14.9. The summed E-state index contributed by atoms with van der Waals surface area (Å²) in [6.07, 6.45) is 3.48. The second-order valence-electron chi connectivity index (χ2n) is 6.27. The Morgan fingerprint density at radius 3 is 2.72 bits per heavy atom. The summed E-state index contributed by atoms with van der Waals surface area (Å²) in [5.74, 6) is 1.83. The van der Waals surface area contributed by atoms with E-state index in [0.29, 0.717) is 19.5 Å². The third-order valence-electron chi connectivity index (χ3n) is 4.42. The molecule has 0 atom stereocenters. The van der Waals surface area contributed by atoms with Gasteiger partial charge in [-0.15, -0.1) is 0 Å². The van der Waals surface area contributed by atoms with E-state index in [4.69, 9.17) is 4.42 Å². The van der Waals surface area contributed by atoms with Gasteiger partial charge in [0.1, 0.15) is 5.76 Å². The lowest BCUT2D eigenvalue weighted by molar-refractivity contribution is 0.223. The highest BCUT2D eigenvalue weighted by atomic mass is 32.2. The predicted molar refractivity (Wildman–Crippen MR) is 95.2 cm³/mol. The molecule has 3 rings (SSSR count). The van der Waals surface area contributed by atoms with Gasteiger partial charge < -0.3 is 9.32 Å². The first-order valence-electron chi connectivity index (χ1n) is 8.51. The Balaban J connectivity index is 1.69. The van der Waals surface area contributed by atoms with Crippen LogP contribution < -0.4 is 4.90 Å². The summed E-state index contributed by atoms with van der Waals surface area (Å²) < 4.78 is 29.1. The van der Waals surface area contributed by atoms with Gasteiger partial charge in [-0.25, -0.2) is 18.4 Å². The monoisotopic (exact) mass is 364 g/mol. The third kappa shape index (κ3) is 4.01. The van der Waals surface area contributed by atoms with Gasteiger partial charge in [-0.3, -0.25) is 4.90 Å². The van der Waals surface area contributed by atoms with Crippen molar-refractivity contribution in [1.29, 1.82) is 0 Å². The van der Waals surface area contributed by atoms with Crippen molar-refractivity contribution in [2.75, 3.05) is 30.8 Å². The summed E-state index contributed by atoms with van der Waals surface area (Å²) in [4.78, 5) is 12.7. The average Bonchev–Trinajstić information content (AvgIpc) is 3.03. The van der Waals surface area contributed by atoms with Crippen LogP contribution in [0, 0.1) is 0 Å². The van der Waals surface area contributed by atoms with E-state index >= 15 is 0 Å². The summed E-state index contributed by atoms with van der Waals surface area (Å²) in [5.41, 5.74) is 1.81. The molecule has 0 unspecified atom stereocenters. The van der Waals surface area contributed by atoms with E-state index in [9.17, 15) is 8.42 Å². The van der Waals surface area contributed by atoms with Gasteiger partial charge in [-0.1, -0.05) is 0 Å². The number of nitrogens with zero attached hydrogens (tertiary/aromatic N) is 4. The summed E-state index contributed by atoms with van der Waals surface area (Å²) in [6, 6.07) is 4.04. The zero-order chi connectivity index (χ0) is 18.0. The molecular formula is C17H24N4O3S. The standard InChI is InChI=1S/C17H24N4O3S/c1-4-21(5-2)16-7-6-14(24-16)12-20-9-8-15-13(11-20)10-18-17(19-15)25(3,22)23/h6-7,10H,4-5,8-9,11-12H2,1-3H3. The molecule has 2 aromatic rings. The van der Waals surface area contributed by atoms with Crippen LogP contribution in [0.1, 0.15) is 30.9 Å². The quantitative estimate of drug-likeness (QED) is 0.724. The Kier molecular flexibility index (Phi) is 5.10. The van der Waals surface area contributed by atoms with Gasteiger partial charge in [0, 0.05) is 56.7 Å². The summed E-state index contributed by atoms with van der Waals surface area (Å²) in [5, 5.41) is -0.0883. The molecule has 7 nitrogen and oxygen atoms in total. The normalized spacial score (nSPS) is 15.2. The molecule has 0 aromatic carbocycles. The van der Waals surface area contributed by atoms with E-state index in [1.165, 1.54) is 0 Å². The number of fused-ring (bicyclic) bond motifs is 1. The molecule has 0 spiro atoms. The van der Waals surface area contributed by atoms with Crippen LogP contribution >= 0.6 is 0 Å². The summed E-state index contributed by atoms with van der Waals surface area (Å²) >= 11 is 0. The van der Waals surface area contributed by atoms with Crippen molar-refractivity contribution >= 4 is 15.7 Å². The van der Waals surface area contributed by atoms with E-state index in [-0.39, 0.29) is 5.16 Å². The van der Waals surface area contributed by atoms with E-state index < -0.39 is 9.84 Å². The minimum absolute atomic E-state index is 0.0883. The number of furan rings is 1. The molecule has 0 saturated carbocycles. The van der Waals surface area contributed by atoms with Crippen LogP contribution in [-0.2, 0) is 29.3 Å². The SMILES string of the molecule is CCN(CC)c1ccc(CN2CCc3nc(S(C)(=O)=O)ncc3C2)o1. The average molecular weight is 364 g/mol. The fraction of sp³-hybridized carbons (Fsp3) is 0.529. The molecule has 8 heteroatoms. The van der Waals surface area contributed by atoms with Crippen LogP contribution in [0.15, 0.2) is 27.9 Å². The van der Waals surface area contributed by atoms with E-state index in [2.05, 4.69) is 33.6 Å². The molecule has 3 heterocycles. The molecule has 2 aromatic heterocycles. The minimum Gasteiger partial charge on any atom is -0.444 e. The number of hydrogen-bond acceptors (Lipinski definition) is 7. The maximum atomic E-state index is 11.6. The summed E-state index contributed by atoms with van der Waals surface area (Å²) in [6.45, 7) is 8.28. The van der Waals surface area contributed by atoms with E-state index in [0.717, 1.165) is 48.8 Å². The Labute approximate surface area is 148 Å². The van der Waals surface area contributed by atoms with Gasteiger partial charge in [0.25, 0.3) is 0 Å². The van der Waals surface area contributed by atoms with E-state index in [1.54, 1.807) is 6.20 Å². The molecule has 136 valence electrons. The highest BCUT2D eigenvalue weighted by Crippen LogP contribution is 2.23. The molecule has 0 saturated heterocycles. The largest absolute Gasteiger partial charge is 0.444 e. The van der Waals surface area contributed by atoms with Gasteiger partial charge in [-0.05, 0) is 19.9 Å². The topological polar surface area (TPSA) is 79.5 Å². The second-order valence-corrected chi connectivity index (χ2v) is 8.18. The van der Waals surface area contributed by atoms with Crippen molar-refractivity contribution in [3.8, 4) is 0 Å². The number of sulfone groups is 1. The van der Waals surface area contributed by atoms with Gasteiger partial charge >= 0.3 is 0 Å². The Morgan fingerprint density at radius 1 is 1.28 bits per heavy atom. The number of aromatic nitrogens is 2. The maximum Gasteiger partial charge on any atom is 0.246 e. The van der Waals surface area contributed by atoms with Crippen LogP contribution in [-0.4, -0.2) is 49.2 Å².